The molecule has 1 spiro atoms. The zero-order valence-electron chi connectivity index (χ0n) is 9.97. The number of nitrogens with one attached hydrogen (secondary N) is 1. The quantitative estimate of drug-likeness (QED) is 0.810. The number of rotatable bonds is 2. The fraction of sp³-hybridized carbons (Fsp3) is 0.750. The average Bonchev–Trinajstić information content (AvgIpc) is 2.89. The zero-order chi connectivity index (χ0) is 11.6. The van der Waals surface area contributed by atoms with Crippen LogP contribution in [0.25, 0.3) is 0 Å². The van der Waals surface area contributed by atoms with E-state index in [1.165, 1.54) is 0 Å². The van der Waals surface area contributed by atoms with Gasteiger partial charge in [0.2, 0.25) is 0 Å². The SMILES string of the molecule is c1cnn(CC2CCC3(CNCCOC3)O2)c1. The number of ether oxygens (including phenoxy) is 2. The zero-order valence-corrected chi connectivity index (χ0v) is 9.97. The first-order valence-electron chi connectivity index (χ1n) is 6.30. The minimum Gasteiger partial charge on any atom is -0.377 e. The molecule has 0 aliphatic carbocycles. The maximum absolute atomic E-state index is 6.19. The fourth-order valence-electron chi connectivity index (χ4n) is 2.65. The molecule has 5 nitrogen and oxygen atoms in total. The highest BCUT2D eigenvalue weighted by Crippen LogP contribution is 2.31. The van der Waals surface area contributed by atoms with Gasteiger partial charge in [0.15, 0.2) is 0 Å². The summed E-state index contributed by atoms with van der Waals surface area (Å²) in [7, 11) is 0. The molecule has 1 N–H and O–H groups in total. The number of aromatic nitrogens is 2. The Balaban J connectivity index is 1.60. The van der Waals surface area contributed by atoms with Gasteiger partial charge in [0.1, 0.15) is 5.60 Å². The second kappa shape index (κ2) is 4.76. The third-order valence-electron chi connectivity index (χ3n) is 3.52. The van der Waals surface area contributed by atoms with Gasteiger partial charge in [-0.1, -0.05) is 0 Å². The van der Waals surface area contributed by atoms with Crippen LogP contribution >= 0.6 is 0 Å². The Kier molecular flexibility index (Phi) is 3.13. The van der Waals surface area contributed by atoms with Crippen LogP contribution in [-0.4, -0.2) is 47.8 Å². The molecular weight excluding hydrogens is 218 g/mol. The van der Waals surface area contributed by atoms with Crippen molar-refractivity contribution >= 4 is 0 Å². The van der Waals surface area contributed by atoms with E-state index < -0.39 is 0 Å². The van der Waals surface area contributed by atoms with Crippen LogP contribution in [0, 0.1) is 0 Å². The van der Waals surface area contributed by atoms with Crippen LogP contribution in [-0.2, 0) is 16.0 Å². The van der Waals surface area contributed by atoms with E-state index in [1.807, 2.05) is 16.9 Å². The van der Waals surface area contributed by atoms with Crippen LogP contribution in [0.4, 0.5) is 0 Å². The molecule has 2 unspecified atom stereocenters. The normalized spacial score (nSPS) is 34.0. The van der Waals surface area contributed by atoms with Crippen LogP contribution in [0.1, 0.15) is 12.8 Å². The highest BCUT2D eigenvalue weighted by molar-refractivity contribution is 4.92. The lowest BCUT2D eigenvalue weighted by molar-refractivity contribution is -0.0821. The first-order valence-corrected chi connectivity index (χ1v) is 6.30. The fourth-order valence-corrected chi connectivity index (χ4v) is 2.65. The molecule has 3 rings (SSSR count). The lowest BCUT2D eigenvalue weighted by atomic mass is 10.0. The first kappa shape index (κ1) is 11.2. The monoisotopic (exact) mass is 237 g/mol. The third-order valence-corrected chi connectivity index (χ3v) is 3.52. The minimum absolute atomic E-state index is 0.103. The number of hydrogen-bond donors (Lipinski definition) is 1. The Morgan fingerprint density at radius 3 is 3.41 bits per heavy atom. The van der Waals surface area contributed by atoms with E-state index in [0.717, 1.165) is 45.7 Å². The van der Waals surface area contributed by atoms with Gasteiger partial charge >= 0.3 is 0 Å². The van der Waals surface area contributed by atoms with Crippen molar-refractivity contribution in [1.82, 2.24) is 15.1 Å². The molecule has 0 saturated carbocycles. The largest absolute Gasteiger partial charge is 0.377 e. The van der Waals surface area contributed by atoms with E-state index in [9.17, 15) is 0 Å². The average molecular weight is 237 g/mol. The molecule has 5 heteroatoms. The first-order chi connectivity index (χ1) is 8.36. The molecule has 94 valence electrons. The van der Waals surface area contributed by atoms with Gasteiger partial charge < -0.3 is 14.8 Å². The van der Waals surface area contributed by atoms with E-state index in [4.69, 9.17) is 9.47 Å². The van der Waals surface area contributed by atoms with Crippen molar-refractivity contribution in [3.8, 4) is 0 Å². The Labute approximate surface area is 101 Å². The summed E-state index contributed by atoms with van der Waals surface area (Å²) in [5.41, 5.74) is -0.103. The molecule has 2 fully saturated rings. The Hall–Kier alpha value is -0.910. The summed E-state index contributed by atoms with van der Waals surface area (Å²) in [6, 6.07) is 1.95. The van der Waals surface area contributed by atoms with Gasteiger partial charge in [0.25, 0.3) is 0 Å². The van der Waals surface area contributed by atoms with Crippen molar-refractivity contribution in [2.45, 2.75) is 31.1 Å². The smallest absolute Gasteiger partial charge is 0.104 e. The molecule has 2 aliphatic heterocycles. The van der Waals surface area contributed by atoms with Crippen LogP contribution < -0.4 is 5.32 Å². The van der Waals surface area contributed by atoms with Crippen molar-refractivity contribution in [1.29, 1.82) is 0 Å². The van der Waals surface area contributed by atoms with Gasteiger partial charge in [-0.3, -0.25) is 4.68 Å². The van der Waals surface area contributed by atoms with Gasteiger partial charge in [-0.05, 0) is 18.9 Å². The molecule has 1 aromatic heterocycles. The van der Waals surface area contributed by atoms with E-state index in [2.05, 4.69) is 10.4 Å². The van der Waals surface area contributed by atoms with Crippen molar-refractivity contribution < 1.29 is 9.47 Å². The number of nitrogens with zero attached hydrogens (tertiary/aromatic N) is 2. The Morgan fingerprint density at radius 1 is 1.53 bits per heavy atom. The third kappa shape index (κ3) is 2.51. The van der Waals surface area contributed by atoms with Gasteiger partial charge in [-0.2, -0.15) is 5.10 Å². The van der Waals surface area contributed by atoms with E-state index >= 15 is 0 Å². The summed E-state index contributed by atoms with van der Waals surface area (Å²) in [4.78, 5) is 0. The van der Waals surface area contributed by atoms with Gasteiger partial charge in [-0.15, -0.1) is 0 Å². The van der Waals surface area contributed by atoms with E-state index in [-0.39, 0.29) is 11.7 Å². The predicted molar refractivity (Wildman–Crippen MR) is 62.8 cm³/mol. The topological polar surface area (TPSA) is 48.3 Å². The predicted octanol–water partition coefficient (Wildman–Crippen LogP) is 0.421. The van der Waals surface area contributed by atoms with Gasteiger partial charge in [0, 0.05) is 25.5 Å². The second-order valence-electron chi connectivity index (χ2n) is 4.92. The standard InChI is InChI=1S/C12H19N3O2/c1-4-14-15(6-1)8-11-2-3-12(17-11)9-13-5-7-16-10-12/h1,4,6,11,13H,2-3,5,7-10H2. The van der Waals surface area contributed by atoms with Crippen molar-refractivity contribution in [2.24, 2.45) is 0 Å². The molecule has 2 saturated heterocycles. The molecule has 0 bridgehead atoms. The van der Waals surface area contributed by atoms with Gasteiger partial charge in [0.05, 0.1) is 25.9 Å². The molecular formula is C12H19N3O2. The molecule has 17 heavy (non-hydrogen) atoms. The molecule has 0 aromatic carbocycles. The van der Waals surface area contributed by atoms with Crippen molar-refractivity contribution in [2.75, 3.05) is 26.3 Å². The van der Waals surface area contributed by atoms with E-state index in [1.54, 1.807) is 6.20 Å². The minimum atomic E-state index is -0.103. The van der Waals surface area contributed by atoms with Crippen molar-refractivity contribution in [3.05, 3.63) is 18.5 Å². The Morgan fingerprint density at radius 2 is 2.53 bits per heavy atom. The molecule has 1 aromatic rings. The van der Waals surface area contributed by atoms with Crippen LogP contribution in [0.15, 0.2) is 18.5 Å². The molecule has 2 atom stereocenters. The van der Waals surface area contributed by atoms with Crippen LogP contribution in [0.5, 0.6) is 0 Å². The summed E-state index contributed by atoms with van der Waals surface area (Å²) in [5, 5.41) is 7.61. The van der Waals surface area contributed by atoms with Crippen LogP contribution in [0.2, 0.25) is 0 Å². The number of hydrogen-bond acceptors (Lipinski definition) is 4. The molecule has 2 aliphatic rings. The second-order valence-corrected chi connectivity index (χ2v) is 4.92. The molecule has 0 radical (unpaired) electrons. The van der Waals surface area contributed by atoms with Crippen LogP contribution in [0.3, 0.4) is 0 Å². The highest BCUT2D eigenvalue weighted by atomic mass is 16.6. The van der Waals surface area contributed by atoms with Crippen molar-refractivity contribution in [3.63, 3.8) is 0 Å². The maximum atomic E-state index is 6.19. The van der Waals surface area contributed by atoms with Gasteiger partial charge in [-0.25, -0.2) is 0 Å². The summed E-state index contributed by atoms with van der Waals surface area (Å²) < 4.78 is 13.7. The summed E-state index contributed by atoms with van der Waals surface area (Å²) in [6.07, 6.45) is 6.21. The molecule has 3 heterocycles. The van der Waals surface area contributed by atoms with E-state index in [0.29, 0.717) is 0 Å². The summed E-state index contributed by atoms with van der Waals surface area (Å²) >= 11 is 0. The summed E-state index contributed by atoms with van der Waals surface area (Å²) in [5.74, 6) is 0. The molecule has 0 amide bonds. The highest BCUT2D eigenvalue weighted by Gasteiger charge is 2.41. The lowest BCUT2D eigenvalue weighted by Crippen LogP contribution is -2.42. The summed E-state index contributed by atoms with van der Waals surface area (Å²) in [6.45, 7) is 4.18. The Bertz CT molecular complexity index is 345. The lowest BCUT2D eigenvalue weighted by Gasteiger charge is -2.27. The maximum Gasteiger partial charge on any atom is 0.104 e.